The van der Waals surface area contributed by atoms with E-state index in [1.165, 1.54) is 42.4 Å². The zero-order chi connectivity index (χ0) is 13.4. The van der Waals surface area contributed by atoms with Crippen molar-refractivity contribution in [1.29, 1.82) is 0 Å². The summed E-state index contributed by atoms with van der Waals surface area (Å²) in [4.78, 5) is 12.3. The van der Waals surface area contributed by atoms with Gasteiger partial charge in [0, 0.05) is 12.8 Å². The fourth-order valence-corrected chi connectivity index (χ4v) is 4.32. The fraction of sp³-hybridized carbons (Fsp3) is 0.611. The third-order valence-electron chi connectivity index (χ3n) is 5.39. The lowest BCUT2D eigenvalue weighted by Crippen LogP contribution is -2.17. The van der Waals surface area contributed by atoms with Crippen LogP contribution in [-0.4, -0.2) is 5.78 Å². The predicted octanol–water partition coefficient (Wildman–Crippen LogP) is 4.24. The molecule has 1 aromatic rings. The molecule has 3 atom stereocenters. The zero-order valence-corrected chi connectivity index (χ0v) is 12.1. The summed E-state index contributed by atoms with van der Waals surface area (Å²) in [5.41, 5.74) is 3.79. The van der Waals surface area contributed by atoms with E-state index in [0.29, 0.717) is 18.1 Å². The highest BCUT2D eigenvalue weighted by Gasteiger charge is 2.39. The highest BCUT2D eigenvalue weighted by molar-refractivity contribution is 5.81. The SMILES string of the molecule is Cc1cccc(C)c1CC(=O)CC1CC2CCC1C2. The van der Waals surface area contributed by atoms with Crippen LogP contribution in [0.15, 0.2) is 18.2 Å². The van der Waals surface area contributed by atoms with Gasteiger partial charge in [-0.1, -0.05) is 24.6 Å². The molecule has 0 saturated heterocycles. The number of benzene rings is 1. The normalized spacial score (nSPS) is 28.8. The van der Waals surface area contributed by atoms with Crippen LogP contribution >= 0.6 is 0 Å². The van der Waals surface area contributed by atoms with E-state index in [0.717, 1.165) is 18.3 Å². The Bertz CT molecular complexity index is 468. The summed E-state index contributed by atoms with van der Waals surface area (Å²) >= 11 is 0. The predicted molar refractivity (Wildman–Crippen MR) is 78.2 cm³/mol. The zero-order valence-electron chi connectivity index (χ0n) is 12.1. The van der Waals surface area contributed by atoms with Gasteiger partial charge in [-0.3, -0.25) is 4.79 Å². The Labute approximate surface area is 116 Å². The number of hydrogen-bond donors (Lipinski definition) is 0. The third-order valence-corrected chi connectivity index (χ3v) is 5.39. The molecular weight excluding hydrogens is 232 g/mol. The van der Waals surface area contributed by atoms with Crippen molar-refractivity contribution in [2.24, 2.45) is 17.8 Å². The lowest BCUT2D eigenvalue weighted by molar-refractivity contribution is -0.119. The molecule has 0 N–H and O–H groups in total. The molecule has 3 unspecified atom stereocenters. The molecule has 2 fully saturated rings. The van der Waals surface area contributed by atoms with Crippen LogP contribution in [0.2, 0.25) is 0 Å². The van der Waals surface area contributed by atoms with Gasteiger partial charge in [-0.2, -0.15) is 0 Å². The van der Waals surface area contributed by atoms with E-state index in [9.17, 15) is 4.79 Å². The van der Waals surface area contributed by atoms with Crippen LogP contribution in [0.4, 0.5) is 0 Å². The molecule has 2 saturated carbocycles. The monoisotopic (exact) mass is 256 g/mol. The van der Waals surface area contributed by atoms with Gasteiger partial charge in [-0.15, -0.1) is 0 Å². The molecule has 0 aromatic heterocycles. The Morgan fingerprint density at radius 2 is 1.89 bits per heavy atom. The van der Waals surface area contributed by atoms with E-state index < -0.39 is 0 Å². The van der Waals surface area contributed by atoms with Gasteiger partial charge in [0.25, 0.3) is 0 Å². The van der Waals surface area contributed by atoms with Gasteiger partial charge in [-0.05, 0) is 67.6 Å². The summed E-state index contributed by atoms with van der Waals surface area (Å²) in [6.45, 7) is 4.24. The molecule has 0 radical (unpaired) electrons. The highest BCUT2D eigenvalue weighted by atomic mass is 16.1. The van der Waals surface area contributed by atoms with Crippen LogP contribution in [0.3, 0.4) is 0 Å². The summed E-state index contributed by atoms with van der Waals surface area (Å²) < 4.78 is 0. The van der Waals surface area contributed by atoms with Crippen molar-refractivity contribution < 1.29 is 4.79 Å². The van der Waals surface area contributed by atoms with Gasteiger partial charge >= 0.3 is 0 Å². The van der Waals surface area contributed by atoms with Gasteiger partial charge in [0.1, 0.15) is 5.78 Å². The molecule has 3 rings (SSSR count). The first-order valence-corrected chi connectivity index (χ1v) is 7.70. The molecule has 0 heterocycles. The maximum atomic E-state index is 12.3. The molecule has 2 aliphatic carbocycles. The Kier molecular flexibility index (Phi) is 3.47. The Morgan fingerprint density at radius 3 is 2.47 bits per heavy atom. The van der Waals surface area contributed by atoms with Crippen molar-refractivity contribution in [2.75, 3.05) is 0 Å². The van der Waals surface area contributed by atoms with Crippen molar-refractivity contribution in [2.45, 2.75) is 52.4 Å². The van der Waals surface area contributed by atoms with Gasteiger partial charge in [-0.25, -0.2) is 0 Å². The topological polar surface area (TPSA) is 17.1 Å². The molecule has 2 bridgehead atoms. The van der Waals surface area contributed by atoms with Crippen molar-refractivity contribution in [1.82, 2.24) is 0 Å². The number of hydrogen-bond acceptors (Lipinski definition) is 1. The van der Waals surface area contributed by atoms with E-state index in [1.807, 2.05) is 0 Å². The molecule has 0 spiro atoms. The Balaban J connectivity index is 1.62. The minimum atomic E-state index is 0.454. The number of rotatable bonds is 4. The average molecular weight is 256 g/mol. The quantitative estimate of drug-likeness (QED) is 0.787. The van der Waals surface area contributed by atoms with E-state index in [-0.39, 0.29) is 0 Å². The number of ketones is 1. The molecule has 1 aromatic carbocycles. The number of fused-ring (bicyclic) bond motifs is 2. The van der Waals surface area contributed by atoms with Crippen molar-refractivity contribution in [3.63, 3.8) is 0 Å². The Morgan fingerprint density at radius 1 is 1.16 bits per heavy atom. The molecular formula is C18H24O. The first-order chi connectivity index (χ1) is 9.13. The minimum Gasteiger partial charge on any atom is -0.299 e. The van der Waals surface area contributed by atoms with Crippen LogP contribution < -0.4 is 0 Å². The van der Waals surface area contributed by atoms with Gasteiger partial charge in [0.05, 0.1) is 0 Å². The summed E-state index contributed by atoms with van der Waals surface area (Å²) in [6, 6.07) is 6.31. The number of carbonyl (C=O) groups is 1. The van der Waals surface area contributed by atoms with Crippen LogP contribution in [-0.2, 0) is 11.2 Å². The first-order valence-electron chi connectivity index (χ1n) is 7.70. The average Bonchev–Trinajstić information content (AvgIpc) is 2.96. The Hall–Kier alpha value is -1.11. The van der Waals surface area contributed by atoms with Gasteiger partial charge in [0.15, 0.2) is 0 Å². The van der Waals surface area contributed by atoms with Crippen LogP contribution in [0, 0.1) is 31.6 Å². The van der Waals surface area contributed by atoms with Gasteiger partial charge < -0.3 is 0 Å². The molecule has 1 nitrogen and oxygen atoms in total. The number of aryl methyl sites for hydroxylation is 2. The number of carbonyl (C=O) groups excluding carboxylic acids is 1. The second kappa shape index (κ2) is 5.11. The summed E-state index contributed by atoms with van der Waals surface area (Å²) in [6.07, 6.45) is 7.00. The summed E-state index contributed by atoms with van der Waals surface area (Å²) in [5, 5.41) is 0. The van der Waals surface area contributed by atoms with Crippen molar-refractivity contribution >= 4 is 5.78 Å². The lowest BCUT2D eigenvalue weighted by atomic mass is 9.84. The van der Waals surface area contributed by atoms with E-state index in [2.05, 4.69) is 32.0 Å². The molecule has 102 valence electrons. The maximum absolute atomic E-state index is 12.3. The smallest absolute Gasteiger partial charge is 0.137 e. The van der Waals surface area contributed by atoms with Crippen molar-refractivity contribution in [3.8, 4) is 0 Å². The molecule has 0 aliphatic heterocycles. The fourth-order valence-electron chi connectivity index (χ4n) is 4.32. The molecule has 2 aliphatic rings. The first kappa shape index (κ1) is 12.9. The van der Waals surface area contributed by atoms with Crippen LogP contribution in [0.1, 0.15) is 48.8 Å². The minimum absolute atomic E-state index is 0.454. The lowest BCUT2D eigenvalue weighted by Gasteiger charge is -2.21. The second-order valence-electron chi connectivity index (χ2n) is 6.72. The van der Waals surface area contributed by atoms with E-state index >= 15 is 0 Å². The van der Waals surface area contributed by atoms with E-state index in [4.69, 9.17) is 0 Å². The standard InChI is InChI=1S/C18H24O/c1-12-4-3-5-13(2)18(12)11-17(19)10-16-9-14-6-7-15(16)8-14/h3-5,14-16H,6-11H2,1-2H3. The number of Topliss-reactive ketones (excluding diaryl/α,β-unsaturated/α-hetero) is 1. The highest BCUT2D eigenvalue weighted by Crippen LogP contribution is 2.49. The molecule has 19 heavy (non-hydrogen) atoms. The summed E-state index contributed by atoms with van der Waals surface area (Å²) in [5.74, 6) is 2.97. The summed E-state index contributed by atoms with van der Waals surface area (Å²) in [7, 11) is 0. The van der Waals surface area contributed by atoms with Crippen LogP contribution in [0.25, 0.3) is 0 Å². The largest absolute Gasteiger partial charge is 0.299 e. The van der Waals surface area contributed by atoms with Crippen molar-refractivity contribution in [3.05, 3.63) is 34.9 Å². The second-order valence-corrected chi connectivity index (χ2v) is 6.72. The molecule has 0 amide bonds. The van der Waals surface area contributed by atoms with Gasteiger partial charge in [0.2, 0.25) is 0 Å². The third kappa shape index (κ3) is 2.61. The maximum Gasteiger partial charge on any atom is 0.137 e. The van der Waals surface area contributed by atoms with E-state index in [1.54, 1.807) is 0 Å². The van der Waals surface area contributed by atoms with Crippen LogP contribution in [0.5, 0.6) is 0 Å². The molecule has 1 heteroatoms.